The first kappa shape index (κ1) is 16.3. The van der Waals surface area contributed by atoms with Crippen LogP contribution in [0.15, 0.2) is 30.3 Å². The summed E-state index contributed by atoms with van der Waals surface area (Å²) in [4.78, 5) is 22.7. The summed E-state index contributed by atoms with van der Waals surface area (Å²) in [6.07, 6.45) is 2.29. The van der Waals surface area contributed by atoms with Gasteiger partial charge in [0, 0.05) is 19.0 Å². The number of urea groups is 1. The van der Waals surface area contributed by atoms with E-state index in [0.29, 0.717) is 31.2 Å². The van der Waals surface area contributed by atoms with Gasteiger partial charge >= 0.3 is 12.0 Å². The number of benzene rings is 1. The topological polar surface area (TPSA) is 78.4 Å². The lowest BCUT2D eigenvalue weighted by atomic mass is 10.0. The minimum atomic E-state index is -0.841. The summed E-state index contributed by atoms with van der Waals surface area (Å²) in [6.45, 7) is 2.87. The summed E-state index contributed by atoms with van der Waals surface area (Å²) >= 11 is 0. The fourth-order valence-electron chi connectivity index (χ4n) is 2.57. The summed E-state index contributed by atoms with van der Waals surface area (Å²) in [5.41, 5.74) is 1.09. The summed E-state index contributed by atoms with van der Waals surface area (Å²) in [7, 11) is 0. The number of carboxylic acids is 1. The molecule has 5 nitrogen and oxygen atoms in total. The molecular weight excluding hydrogens is 280 g/mol. The van der Waals surface area contributed by atoms with Gasteiger partial charge in [-0.05, 0) is 36.7 Å². The van der Waals surface area contributed by atoms with Gasteiger partial charge in [-0.25, -0.2) is 4.79 Å². The molecule has 0 aromatic heterocycles. The Morgan fingerprint density at radius 3 is 2.59 bits per heavy atom. The van der Waals surface area contributed by atoms with E-state index < -0.39 is 5.97 Å². The third-order valence-electron chi connectivity index (χ3n) is 4.17. The third kappa shape index (κ3) is 5.76. The van der Waals surface area contributed by atoms with Gasteiger partial charge in [-0.1, -0.05) is 37.3 Å². The average molecular weight is 304 g/mol. The Hall–Kier alpha value is -2.04. The monoisotopic (exact) mass is 304 g/mol. The van der Waals surface area contributed by atoms with Crippen LogP contribution < -0.4 is 10.6 Å². The van der Waals surface area contributed by atoms with Gasteiger partial charge in [-0.2, -0.15) is 0 Å². The largest absolute Gasteiger partial charge is 0.481 e. The second-order valence-electron chi connectivity index (χ2n) is 6.15. The van der Waals surface area contributed by atoms with Crippen molar-refractivity contribution >= 4 is 12.0 Å². The molecule has 1 aliphatic carbocycles. The van der Waals surface area contributed by atoms with Gasteiger partial charge in [0.25, 0.3) is 0 Å². The molecule has 1 fully saturated rings. The smallest absolute Gasteiger partial charge is 0.315 e. The predicted octanol–water partition coefficient (Wildman–Crippen LogP) is 2.42. The Bertz CT molecular complexity index is 504. The van der Waals surface area contributed by atoms with Crippen LogP contribution in [0.1, 0.15) is 31.7 Å². The molecule has 2 rings (SSSR count). The average Bonchev–Trinajstić information content (AvgIpc) is 3.19. The molecule has 5 heteroatoms. The van der Waals surface area contributed by atoms with Crippen LogP contribution in [-0.2, 0) is 11.2 Å². The number of aliphatic carboxylic acids is 1. The van der Waals surface area contributed by atoms with Gasteiger partial charge in [0.1, 0.15) is 0 Å². The van der Waals surface area contributed by atoms with Crippen LogP contribution in [-0.4, -0.2) is 29.7 Å². The van der Waals surface area contributed by atoms with Gasteiger partial charge in [0.05, 0.1) is 0 Å². The molecule has 0 bridgehead atoms. The molecule has 0 spiro atoms. The molecule has 0 heterocycles. The first-order chi connectivity index (χ1) is 10.5. The highest BCUT2D eigenvalue weighted by molar-refractivity contribution is 5.74. The van der Waals surface area contributed by atoms with Crippen molar-refractivity contribution in [3.8, 4) is 0 Å². The number of carbonyl (C=O) groups excluding carboxylic acids is 1. The number of amides is 2. The van der Waals surface area contributed by atoms with E-state index in [2.05, 4.69) is 17.6 Å². The molecule has 22 heavy (non-hydrogen) atoms. The highest BCUT2D eigenvalue weighted by Gasteiger charge is 2.32. The van der Waals surface area contributed by atoms with E-state index >= 15 is 0 Å². The van der Waals surface area contributed by atoms with Crippen LogP contribution in [0.4, 0.5) is 4.79 Å². The third-order valence-corrected chi connectivity index (χ3v) is 4.17. The van der Waals surface area contributed by atoms with Crippen molar-refractivity contribution in [1.82, 2.24) is 10.6 Å². The molecular formula is C17H24N2O3. The maximum absolute atomic E-state index is 12.0. The van der Waals surface area contributed by atoms with Crippen molar-refractivity contribution in [2.45, 2.75) is 38.6 Å². The number of carbonyl (C=O) groups is 2. The molecule has 0 aliphatic heterocycles. The lowest BCUT2D eigenvalue weighted by Gasteiger charge is -2.18. The Kier molecular flexibility index (Phi) is 5.81. The van der Waals surface area contributed by atoms with Gasteiger partial charge in [-0.3, -0.25) is 4.79 Å². The van der Waals surface area contributed by atoms with Crippen molar-refractivity contribution < 1.29 is 14.7 Å². The van der Waals surface area contributed by atoms with Crippen molar-refractivity contribution in [3.05, 3.63) is 35.9 Å². The van der Waals surface area contributed by atoms with Gasteiger partial charge in [0.15, 0.2) is 0 Å². The fraction of sp³-hybridized carbons (Fsp3) is 0.529. The van der Waals surface area contributed by atoms with E-state index in [-0.39, 0.29) is 18.5 Å². The van der Waals surface area contributed by atoms with Crippen molar-refractivity contribution in [3.63, 3.8) is 0 Å². The first-order valence-electron chi connectivity index (χ1n) is 7.84. The number of hydrogen-bond donors (Lipinski definition) is 3. The SMILES string of the molecule is CC1CC1CNC(=O)NC(CCC(=O)O)Cc1ccccc1. The summed E-state index contributed by atoms with van der Waals surface area (Å²) < 4.78 is 0. The summed E-state index contributed by atoms with van der Waals surface area (Å²) in [5, 5.41) is 14.6. The number of carboxylic acid groups (broad SMARTS) is 1. The molecule has 1 aromatic carbocycles. The molecule has 0 radical (unpaired) electrons. The first-order valence-corrected chi connectivity index (χ1v) is 7.84. The van der Waals surface area contributed by atoms with E-state index in [1.54, 1.807) is 0 Å². The van der Waals surface area contributed by atoms with E-state index in [9.17, 15) is 9.59 Å². The predicted molar refractivity (Wildman–Crippen MR) is 84.6 cm³/mol. The van der Waals surface area contributed by atoms with E-state index in [0.717, 1.165) is 5.56 Å². The normalized spacial score (nSPS) is 21.0. The summed E-state index contributed by atoms with van der Waals surface area (Å²) in [5.74, 6) is 0.455. The van der Waals surface area contributed by atoms with E-state index in [1.807, 2.05) is 30.3 Å². The zero-order chi connectivity index (χ0) is 15.9. The molecule has 0 saturated heterocycles. The Morgan fingerprint density at radius 2 is 2.00 bits per heavy atom. The van der Waals surface area contributed by atoms with Gasteiger partial charge < -0.3 is 15.7 Å². The minimum absolute atomic E-state index is 0.0530. The molecule has 2 amide bonds. The molecule has 1 aromatic rings. The highest BCUT2D eigenvalue weighted by Crippen LogP contribution is 2.36. The van der Waals surface area contributed by atoms with E-state index in [4.69, 9.17) is 5.11 Å². The Morgan fingerprint density at radius 1 is 1.32 bits per heavy atom. The van der Waals surface area contributed by atoms with Crippen LogP contribution in [0.25, 0.3) is 0 Å². The maximum atomic E-state index is 12.0. The highest BCUT2D eigenvalue weighted by atomic mass is 16.4. The zero-order valence-electron chi connectivity index (χ0n) is 12.9. The lowest BCUT2D eigenvalue weighted by molar-refractivity contribution is -0.137. The second-order valence-corrected chi connectivity index (χ2v) is 6.15. The molecule has 1 saturated carbocycles. The molecule has 3 unspecified atom stereocenters. The molecule has 3 atom stereocenters. The molecule has 120 valence electrons. The quantitative estimate of drug-likeness (QED) is 0.690. The summed E-state index contributed by atoms with van der Waals surface area (Å²) in [6, 6.07) is 9.42. The van der Waals surface area contributed by atoms with Crippen molar-refractivity contribution in [2.75, 3.05) is 6.54 Å². The van der Waals surface area contributed by atoms with Crippen molar-refractivity contribution in [1.29, 1.82) is 0 Å². The molecule has 3 N–H and O–H groups in total. The van der Waals surface area contributed by atoms with Gasteiger partial charge in [0.2, 0.25) is 0 Å². The Labute approximate surface area is 131 Å². The van der Waals surface area contributed by atoms with Crippen LogP contribution in [0.3, 0.4) is 0 Å². The fourth-order valence-corrected chi connectivity index (χ4v) is 2.57. The van der Waals surface area contributed by atoms with Gasteiger partial charge in [-0.15, -0.1) is 0 Å². The second kappa shape index (κ2) is 7.82. The van der Waals surface area contributed by atoms with Crippen LogP contribution in [0, 0.1) is 11.8 Å². The Balaban J connectivity index is 1.82. The number of hydrogen-bond acceptors (Lipinski definition) is 2. The standard InChI is InChI=1S/C17H24N2O3/c1-12-9-14(12)11-18-17(22)19-15(7-8-16(20)21)10-13-5-3-2-4-6-13/h2-6,12,14-15H,7-11H2,1H3,(H,20,21)(H2,18,19,22). The minimum Gasteiger partial charge on any atom is -0.481 e. The maximum Gasteiger partial charge on any atom is 0.315 e. The number of nitrogens with one attached hydrogen (secondary N) is 2. The van der Waals surface area contributed by atoms with Crippen LogP contribution in [0.5, 0.6) is 0 Å². The molecule has 1 aliphatic rings. The van der Waals surface area contributed by atoms with Crippen LogP contribution >= 0.6 is 0 Å². The lowest BCUT2D eigenvalue weighted by Crippen LogP contribution is -2.44. The van der Waals surface area contributed by atoms with E-state index in [1.165, 1.54) is 6.42 Å². The van der Waals surface area contributed by atoms with Crippen molar-refractivity contribution in [2.24, 2.45) is 11.8 Å². The zero-order valence-corrected chi connectivity index (χ0v) is 12.9. The van der Waals surface area contributed by atoms with Crippen LogP contribution in [0.2, 0.25) is 0 Å². The number of rotatable bonds is 8.